The highest BCUT2D eigenvalue weighted by Gasteiger charge is 2.04. The Bertz CT molecular complexity index is 388. The van der Waals surface area contributed by atoms with Crippen molar-refractivity contribution >= 4 is 5.97 Å². The number of hydrogen-bond acceptors (Lipinski definition) is 2. The second-order valence-corrected chi connectivity index (χ2v) is 4.63. The summed E-state index contributed by atoms with van der Waals surface area (Å²) in [6, 6.07) is 6.47. The predicted octanol–water partition coefficient (Wildman–Crippen LogP) is 2.25. The summed E-state index contributed by atoms with van der Waals surface area (Å²) >= 11 is 0. The number of carbonyl (C=O) groups is 1. The maximum atomic E-state index is 10.5. The number of carboxylic acids is 1. The van der Waals surface area contributed by atoms with Crippen molar-refractivity contribution in [2.75, 3.05) is 20.1 Å². The number of carboxylic acid groups (broad SMARTS) is 1. The molecular formula is C14H21NO2. The number of likely N-dealkylation sites (N-methyl/N-ethyl adjacent to an activating group) is 1. The first-order valence-electron chi connectivity index (χ1n) is 5.95. The number of aryl methyl sites for hydroxylation is 2. The van der Waals surface area contributed by atoms with Crippen molar-refractivity contribution in [2.45, 2.75) is 26.7 Å². The van der Waals surface area contributed by atoms with E-state index in [9.17, 15) is 4.79 Å². The lowest BCUT2D eigenvalue weighted by atomic mass is 10.0. The summed E-state index contributed by atoms with van der Waals surface area (Å²) in [6.07, 6.45) is 1.19. The van der Waals surface area contributed by atoms with E-state index in [1.807, 2.05) is 7.05 Å². The summed E-state index contributed by atoms with van der Waals surface area (Å²) in [5.41, 5.74) is 3.94. The summed E-state index contributed by atoms with van der Waals surface area (Å²) in [5.74, 6) is -0.733. The third-order valence-corrected chi connectivity index (χ3v) is 2.97. The molecule has 0 unspecified atom stereocenters. The molecule has 0 heterocycles. The maximum absolute atomic E-state index is 10.5. The Morgan fingerprint density at radius 1 is 1.29 bits per heavy atom. The van der Waals surface area contributed by atoms with Crippen LogP contribution in [0, 0.1) is 13.8 Å². The van der Waals surface area contributed by atoms with Gasteiger partial charge < -0.3 is 10.0 Å². The van der Waals surface area contributed by atoms with Crippen LogP contribution in [0.3, 0.4) is 0 Å². The van der Waals surface area contributed by atoms with Crippen LogP contribution < -0.4 is 0 Å². The van der Waals surface area contributed by atoms with E-state index in [0.717, 1.165) is 13.0 Å². The molecule has 1 rings (SSSR count). The van der Waals surface area contributed by atoms with Crippen LogP contribution in [0.5, 0.6) is 0 Å². The van der Waals surface area contributed by atoms with Crippen LogP contribution in [0.25, 0.3) is 0 Å². The Kier molecular flexibility index (Phi) is 5.16. The van der Waals surface area contributed by atoms with Crippen LogP contribution in [0.4, 0.5) is 0 Å². The van der Waals surface area contributed by atoms with Crippen molar-refractivity contribution in [3.63, 3.8) is 0 Å². The zero-order valence-corrected chi connectivity index (χ0v) is 10.9. The fourth-order valence-electron chi connectivity index (χ4n) is 1.78. The van der Waals surface area contributed by atoms with Crippen LogP contribution in [0.2, 0.25) is 0 Å². The number of nitrogens with zero attached hydrogens (tertiary/aromatic N) is 1. The van der Waals surface area contributed by atoms with Gasteiger partial charge in [0, 0.05) is 13.1 Å². The van der Waals surface area contributed by atoms with Crippen molar-refractivity contribution in [3.8, 4) is 0 Å². The van der Waals surface area contributed by atoms with Crippen LogP contribution >= 0.6 is 0 Å². The quantitative estimate of drug-likeness (QED) is 0.822. The summed E-state index contributed by atoms with van der Waals surface area (Å²) in [5, 5.41) is 8.60. The average molecular weight is 235 g/mol. The van der Waals surface area contributed by atoms with Crippen molar-refractivity contribution in [3.05, 3.63) is 34.9 Å². The molecule has 3 heteroatoms. The third kappa shape index (κ3) is 5.00. The summed E-state index contributed by atoms with van der Waals surface area (Å²) in [7, 11) is 1.97. The molecule has 0 radical (unpaired) electrons. The molecule has 0 atom stereocenters. The van der Waals surface area contributed by atoms with Gasteiger partial charge in [-0.05, 0) is 38.4 Å². The summed E-state index contributed by atoms with van der Waals surface area (Å²) in [4.78, 5) is 12.5. The molecule has 0 spiro atoms. The van der Waals surface area contributed by atoms with E-state index in [0.29, 0.717) is 6.54 Å². The highest BCUT2D eigenvalue weighted by atomic mass is 16.4. The molecule has 1 N–H and O–H groups in total. The van der Waals surface area contributed by atoms with E-state index in [1.54, 1.807) is 0 Å². The lowest BCUT2D eigenvalue weighted by molar-refractivity contribution is -0.137. The predicted molar refractivity (Wildman–Crippen MR) is 69.4 cm³/mol. The molecule has 0 aromatic heterocycles. The molecule has 0 fully saturated rings. The van der Waals surface area contributed by atoms with Gasteiger partial charge in [-0.3, -0.25) is 4.79 Å². The summed E-state index contributed by atoms with van der Waals surface area (Å²) in [6.45, 7) is 5.72. The topological polar surface area (TPSA) is 40.5 Å². The minimum Gasteiger partial charge on any atom is -0.481 e. The lowest BCUT2D eigenvalue weighted by Gasteiger charge is -2.16. The Labute approximate surface area is 103 Å². The van der Waals surface area contributed by atoms with Gasteiger partial charge in [-0.15, -0.1) is 0 Å². The molecule has 0 aliphatic carbocycles. The molecular weight excluding hydrogens is 214 g/mol. The Morgan fingerprint density at radius 2 is 2.00 bits per heavy atom. The largest absolute Gasteiger partial charge is 0.481 e. The van der Waals surface area contributed by atoms with Crippen LogP contribution in [-0.4, -0.2) is 36.1 Å². The van der Waals surface area contributed by atoms with Crippen molar-refractivity contribution < 1.29 is 9.90 Å². The Morgan fingerprint density at radius 3 is 2.65 bits per heavy atom. The highest BCUT2D eigenvalue weighted by molar-refractivity contribution is 5.66. The van der Waals surface area contributed by atoms with Gasteiger partial charge in [0.05, 0.1) is 6.42 Å². The van der Waals surface area contributed by atoms with Gasteiger partial charge in [-0.1, -0.05) is 23.8 Å². The Balaban J connectivity index is 2.44. The smallest absolute Gasteiger partial charge is 0.304 e. The molecule has 3 nitrogen and oxygen atoms in total. The van der Waals surface area contributed by atoms with Gasteiger partial charge in [0.25, 0.3) is 0 Å². The minimum absolute atomic E-state index is 0.212. The van der Waals surface area contributed by atoms with Gasteiger partial charge >= 0.3 is 5.97 Å². The lowest BCUT2D eigenvalue weighted by Crippen LogP contribution is -2.24. The number of hydrogen-bond donors (Lipinski definition) is 1. The molecule has 1 aromatic carbocycles. The zero-order valence-electron chi connectivity index (χ0n) is 10.9. The van der Waals surface area contributed by atoms with Crippen LogP contribution in [-0.2, 0) is 11.2 Å². The third-order valence-electron chi connectivity index (χ3n) is 2.97. The van der Waals surface area contributed by atoms with Crippen molar-refractivity contribution in [2.24, 2.45) is 0 Å². The van der Waals surface area contributed by atoms with E-state index in [4.69, 9.17) is 5.11 Å². The number of rotatable bonds is 6. The van der Waals surface area contributed by atoms with Gasteiger partial charge in [0.1, 0.15) is 0 Å². The Hall–Kier alpha value is -1.35. The van der Waals surface area contributed by atoms with E-state index >= 15 is 0 Å². The van der Waals surface area contributed by atoms with E-state index < -0.39 is 5.97 Å². The fourth-order valence-corrected chi connectivity index (χ4v) is 1.78. The molecule has 0 saturated heterocycles. The van der Waals surface area contributed by atoms with Crippen LogP contribution in [0.15, 0.2) is 18.2 Å². The minimum atomic E-state index is -0.733. The van der Waals surface area contributed by atoms with Crippen molar-refractivity contribution in [1.82, 2.24) is 4.90 Å². The van der Waals surface area contributed by atoms with Gasteiger partial charge in [0.2, 0.25) is 0 Å². The fraction of sp³-hybridized carbons (Fsp3) is 0.500. The highest BCUT2D eigenvalue weighted by Crippen LogP contribution is 2.11. The standard InChI is InChI=1S/C14H21NO2/c1-11-4-5-12(2)13(10-11)6-8-15(3)9-7-14(16)17/h4-5,10H,6-9H2,1-3H3,(H,16,17). The molecule has 0 saturated carbocycles. The molecule has 0 aliphatic heterocycles. The van der Waals surface area contributed by atoms with E-state index in [2.05, 4.69) is 36.9 Å². The monoisotopic (exact) mass is 235 g/mol. The SMILES string of the molecule is Cc1ccc(C)c(CCN(C)CCC(=O)O)c1. The first kappa shape index (κ1) is 13.7. The van der Waals surface area contributed by atoms with Gasteiger partial charge in [0.15, 0.2) is 0 Å². The van der Waals surface area contributed by atoms with Gasteiger partial charge in [-0.2, -0.15) is 0 Å². The van der Waals surface area contributed by atoms with E-state index in [1.165, 1.54) is 16.7 Å². The molecule has 17 heavy (non-hydrogen) atoms. The van der Waals surface area contributed by atoms with Gasteiger partial charge in [-0.25, -0.2) is 0 Å². The molecule has 1 aromatic rings. The van der Waals surface area contributed by atoms with E-state index in [-0.39, 0.29) is 6.42 Å². The second kappa shape index (κ2) is 6.40. The average Bonchev–Trinajstić information content (AvgIpc) is 2.27. The second-order valence-electron chi connectivity index (χ2n) is 4.63. The van der Waals surface area contributed by atoms with Crippen molar-refractivity contribution in [1.29, 1.82) is 0 Å². The molecule has 0 amide bonds. The molecule has 0 aliphatic rings. The van der Waals surface area contributed by atoms with Crippen LogP contribution in [0.1, 0.15) is 23.1 Å². The first-order valence-corrected chi connectivity index (χ1v) is 5.95. The summed E-state index contributed by atoms with van der Waals surface area (Å²) < 4.78 is 0. The number of benzene rings is 1. The number of aliphatic carboxylic acids is 1. The zero-order chi connectivity index (χ0) is 12.8. The molecule has 94 valence electrons. The first-order chi connectivity index (χ1) is 7.99. The normalized spacial score (nSPS) is 10.8. The maximum Gasteiger partial charge on any atom is 0.304 e. The molecule has 0 bridgehead atoms.